The van der Waals surface area contributed by atoms with Crippen LogP contribution in [0.2, 0.25) is 0 Å². The summed E-state index contributed by atoms with van der Waals surface area (Å²) in [5, 5.41) is 3.68. The minimum absolute atomic E-state index is 0.171. The topological polar surface area (TPSA) is 80.5 Å². The molecule has 0 radical (unpaired) electrons. The molecular weight excluding hydrogens is 256 g/mol. The highest BCUT2D eigenvalue weighted by Gasteiger charge is 2.29. The van der Waals surface area contributed by atoms with Crippen LogP contribution in [0.25, 0.3) is 0 Å². The summed E-state index contributed by atoms with van der Waals surface area (Å²) in [7, 11) is -3.41. The van der Waals surface area contributed by atoms with Gasteiger partial charge in [0.25, 0.3) is 0 Å². The van der Waals surface area contributed by atoms with Crippen LogP contribution in [0, 0.1) is 12.8 Å². The predicted molar refractivity (Wildman–Crippen MR) is 64.2 cm³/mol. The van der Waals surface area contributed by atoms with Gasteiger partial charge in [0.1, 0.15) is 23.5 Å². The number of piperidine rings is 1. The second kappa shape index (κ2) is 5.19. The lowest BCUT2D eigenvalue weighted by Gasteiger charge is -2.28. The second-order valence-electron chi connectivity index (χ2n) is 4.58. The van der Waals surface area contributed by atoms with Gasteiger partial charge in [-0.1, -0.05) is 5.16 Å². The maximum Gasteiger partial charge on any atom is 0.219 e. The highest BCUT2D eigenvalue weighted by Crippen LogP contribution is 2.20. The molecule has 0 spiro atoms. The molecule has 0 aromatic carbocycles. The first-order chi connectivity index (χ1) is 8.51. The number of hydrogen-bond donors (Lipinski definition) is 0. The molecule has 1 unspecified atom stereocenters. The van der Waals surface area contributed by atoms with Crippen molar-refractivity contribution >= 4 is 16.3 Å². The fraction of sp³-hybridized carbons (Fsp3) is 0.636. The van der Waals surface area contributed by atoms with Gasteiger partial charge in [-0.3, -0.25) is 0 Å². The number of aromatic nitrogens is 1. The third-order valence-corrected chi connectivity index (χ3v) is 4.79. The van der Waals surface area contributed by atoms with Gasteiger partial charge < -0.3 is 9.32 Å². The number of sulfonamides is 1. The zero-order chi connectivity index (χ0) is 13.2. The van der Waals surface area contributed by atoms with Crippen molar-refractivity contribution in [1.29, 1.82) is 0 Å². The molecule has 0 aliphatic carbocycles. The maximum atomic E-state index is 12.2. The third-order valence-electron chi connectivity index (χ3n) is 3.01. The molecule has 100 valence electrons. The summed E-state index contributed by atoms with van der Waals surface area (Å²) < 4.78 is 30.5. The van der Waals surface area contributed by atoms with Crippen molar-refractivity contribution in [1.82, 2.24) is 9.46 Å². The smallest absolute Gasteiger partial charge is 0.219 e. The normalized spacial score (nSPS) is 21.9. The molecular formula is C11H16N2O4S. The molecule has 1 aromatic rings. The van der Waals surface area contributed by atoms with E-state index in [1.807, 2.05) is 0 Å². The first-order valence-corrected chi connectivity index (χ1v) is 7.47. The summed E-state index contributed by atoms with van der Waals surface area (Å²) in [6, 6.07) is 1.61. The summed E-state index contributed by atoms with van der Waals surface area (Å²) in [6.07, 6.45) is 2.32. The number of nitrogens with zero attached hydrogens (tertiary/aromatic N) is 2. The fourth-order valence-electron chi connectivity index (χ4n) is 2.10. The van der Waals surface area contributed by atoms with Gasteiger partial charge >= 0.3 is 0 Å². The molecule has 0 saturated carbocycles. The van der Waals surface area contributed by atoms with E-state index in [-0.39, 0.29) is 18.2 Å². The molecule has 1 aliphatic heterocycles. The Kier molecular flexibility index (Phi) is 3.82. The van der Waals surface area contributed by atoms with Crippen molar-refractivity contribution in [3.63, 3.8) is 0 Å². The average Bonchev–Trinajstić information content (AvgIpc) is 2.74. The molecule has 1 aliphatic rings. The van der Waals surface area contributed by atoms with Gasteiger partial charge in [0.05, 0.1) is 0 Å². The van der Waals surface area contributed by atoms with Crippen LogP contribution in [0.3, 0.4) is 0 Å². The Morgan fingerprint density at radius 2 is 2.39 bits per heavy atom. The molecule has 1 atom stereocenters. The van der Waals surface area contributed by atoms with E-state index in [0.717, 1.165) is 19.1 Å². The fourth-order valence-corrected chi connectivity index (χ4v) is 3.62. The number of rotatable bonds is 4. The van der Waals surface area contributed by atoms with Crippen LogP contribution in [0.4, 0.5) is 0 Å². The highest BCUT2D eigenvalue weighted by atomic mass is 32.2. The van der Waals surface area contributed by atoms with Crippen molar-refractivity contribution in [2.24, 2.45) is 5.92 Å². The number of hydrogen-bond acceptors (Lipinski definition) is 5. The number of carbonyl (C=O) groups excluding carboxylic acids is 1. The molecule has 0 bridgehead atoms. The van der Waals surface area contributed by atoms with Crippen molar-refractivity contribution < 1.29 is 17.7 Å². The number of aldehydes is 1. The summed E-state index contributed by atoms with van der Waals surface area (Å²) in [5.41, 5.74) is 0.403. The summed E-state index contributed by atoms with van der Waals surface area (Å²) in [4.78, 5) is 10.7. The molecule has 1 saturated heterocycles. The summed E-state index contributed by atoms with van der Waals surface area (Å²) in [6.45, 7) is 2.47. The molecule has 1 fully saturated rings. The van der Waals surface area contributed by atoms with Crippen LogP contribution >= 0.6 is 0 Å². The Bertz CT molecular complexity index is 523. The molecule has 2 rings (SSSR count). The van der Waals surface area contributed by atoms with Crippen LogP contribution in [-0.4, -0.2) is 37.3 Å². The molecule has 6 nitrogen and oxygen atoms in total. The Balaban J connectivity index is 2.08. The van der Waals surface area contributed by atoms with E-state index in [2.05, 4.69) is 5.16 Å². The van der Waals surface area contributed by atoms with E-state index in [1.165, 1.54) is 4.31 Å². The number of aryl methyl sites for hydroxylation is 1. The van der Waals surface area contributed by atoms with Crippen molar-refractivity contribution in [2.75, 3.05) is 13.1 Å². The zero-order valence-electron chi connectivity index (χ0n) is 10.2. The molecule has 18 heavy (non-hydrogen) atoms. The van der Waals surface area contributed by atoms with E-state index in [1.54, 1.807) is 13.0 Å². The average molecular weight is 272 g/mol. The standard InChI is InChI=1S/C11H16N2O4S/c1-9-5-11(12-17-9)8-18(15,16)13-4-2-3-10(6-13)7-14/h5,7,10H,2-4,6,8H2,1H3. The highest BCUT2D eigenvalue weighted by molar-refractivity contribution is 7.88. The van der Waals surface area contributed by atoms with Crippen LogP contribution in [0.1, 0.15) is 24.3 Å². The lowest BCUT2D eigenvalue weighted by molar-refractivity contribution is -0.112. The van der Waals surface area contributed by atoms with Gasteiger partial charge in [0.15, 0.2) is 0 Å². The first kappa shape index (κ1) is 13.2. The van der Waals surface area contributed by atoms with E-state index in [9.17, 15) is 13.2 Å². The predicted octanol–water partition coefficient (Wildman–Crippen LogP) is 0.724. The van der Waals surface area contributed by atoms with Crippen LogP contribution in [-0.2, 0) is 20.6 Å². The van der Waals surface area contributed by atoms with Crippen molar-refractivity contribution in [2.45, 2.75) is 25.5 Å². The lowest BCUT2D eigenvalue weighted by Crippen LogP contribution is -2.40. The molecule has 0 N–H and O–H groups in total. The Hall–Kier alpha value is -1.21. The molecule has 1 aromatic heterocycles. The Morgan fingerprint density at radius 3 is 3.00 bits per heavy atom. The lowest BCUT2D eigenvalue weighted by atomic mass is 10.0. The van der Waals surface area contributed by atoms with Crippen molar-refractivity contribution in [3.8, 4) is 0 Å². The van der Waals surface area contributed by atoms with E-state index < -0.39 is 10.0 Å². The third kappa shape index (κ3) is 2.97. The summed E-state index contributed by atoms with van der Waals surface area (Å²) >= 11 is 0. The number of carbonyl (C=O) groups is 1. The van der Waals surface area contributed by atoms with E-state index in [4.69, 9.17) is 4.52 Å². The molecule has 2 heterocycles. The monoisotopic (exact) mass is 272 g/mol. The van der Waals surface area contributed by atoms with Gasteiger partial charge in [-0.25, -0.2) is 12.7 Å². The van der Waals surface area contributed by atoms with Crippen LogP contribution in [0.5, 0.6) is 0 Å². The quantitative estimate of drug-likeness (QED) is 0.755. The second-order valence-corrected chi connectivity index (χ2v) is 6.55. The minimum atomic E-state index is -3.41. The first-order valence-electron chi connectivity index (χ1n) is 5.86. The molecule has 7 heteroatoms. The largest absolute Gasteiger partial charge is 0.361 e. The maximum absolute atomic E-state index is 12.2. The Labute approximate surface area is 106 Å². The van der Waals surface area contributed by atoms with E-state index in [0.29, 0.717) is 18.0 Å². The van der Waals surface area contributed by atoms with E-state index >= 15 is 0 Å². The van der Waals surface area contributed by atoms with Gasteiger partial charge in [-0.15, -0.1) is 0 Å². The van der Waals surface area contributed by atoms with Gasteiger partial charge in [0.2, 0.25) is 10.0 Å². The SMILES string of the molecule is Cc1cc(CS(=O)(=O)N2CCCC(C=O)C2)no1. The van der Waals surface area contributed by atoms with Gasteiger partial charge in [0, 0.05) is 25.1 Å². The van der Waals surface area contributed by atoms with Gasteiger partial charge in [-0.2, -0.15) is 0 Å². The van der Waals surface area contributed by atoms with Crippen LogP contribution < -0.4 is 0 Å². The zero-order valence-corrected chi connectivity index (χ0v) is 11.0. The Morgan fingerprint density at radius 1 is 1.61 bits per heavy atom. The summed E-state index contributed by atoms with van der Waals surface area (Å²) in [5.74, 6) is 0.229. The minimum Gasteiger partial charge on any atom is -0.361 e. The van der Waals surface area contributed by atoms with Gasteiger partial charge in [-0.05, 0) is 19.8 Å². The van der Waals surface area contributed by atoms with Crippen LogP contribution in [0.15, 0.2) is 10.6 Å². The molecule has 0 amide bonds. The van der Waals surface area contributed by atoms with Crippen molar-refractivity contribution in [3.05, 3.63) is 17.5 Å².